The zero-order valence-corrected chi connectivity index (χ0v) is 12.5. The Morgan fingerprint density at radius 1 is 1.41 bits per heavy atom. The van der Waals surface area contributed by atoms with Crippen LogP contribution in [0.1, 0.15) is 32.8 Å². The van der Waals surface area contributed by atoms with Gasteiger partial charge in [0.2, 0.25) is 0 Å². The van der Waals surface area contributed by atoms with E-state index >= 15 is 0 Å². The molecular formula is C15H22BrN. The van der Waals surface area contributed by atoms with Gasteiger partial charge in [0.25, 0.3) is 0 Å². The van der Waals surface area contributed by atoms with Gasteiger partial charge in [0.15, 0.2) is 0 Å². The minimum atomic E-state index is 0.370. The zero-order valence-electron chi connectivity index (χ0n) is 11.0. The van der Waals surface area contributed by atoms with Gasteiger partial charge in [-0.15, -0.1) is 0 Å². The fourth-order valence-corrected chi connectivity index (χ4v) is 3.33. The number of rotatable bonds is 5. The van der Waals surface area contributed by atoms with E-state index in [1.54, 1.807) is 0 Å². The van der Waals surface area contributed by atoms with Gasteiger partial charge in [-0.25, -0.2) is 0 Å². The molecule has 0 spiro atoms. The van der Waals surface area contributed by atoms with Crippen molar-refractivity contribution in [3.63, 3.8) is 0 Å². The Bertz CT molecular complexity index is 388. The molecule has 1 aromatic carbocycles. The molecule has 2 heteroatoms. The molecule has 0 aliphatic heterocycles. The maximum Gasteiger partial charge on any atom is 0.0213 e. The van der Waals surface area contributed by atoms with Crippen LogP contribution in [0.25, 0.3) is 0 Å². The maximum atomic E-state index is 3.69. The molecule has 0 amide bonds. The molecule has 2 rings (SSSR count). The molecule has 0 saturated heterocycles. The highest BCUT2D eigenvalue weighted by molar-refractivity contribution is 9.10. The fraction of sp³-hybridized carbons (Fsp3) is 0.600. The van der Waals surface area contributed by atoms with Crippen molar-refractivity contribution < 1.29 is 0 Å². The highest BCUT2D eigenvalue weighted by atomic mass is 79.9. The molecule has 94 valence electrons. The van der Waals surface area contributed by atoms with E-state index in [0.29, 0.717) is 5.41 Å². The summed E-state index contributed by atoms with van der Waals surface area (Å²) < 4.78 is 1.26. The van der Waals surface area contributed by atoms with Crippen LogP contribution in [0.4, 0.5) is 0 Å². The van der Waals surface area contributed by atoms with E-state index in [1.165, 1.54) is 16.5 Å². The maximum absolute atomic E-state index is 3.69. The van der Waals surface area contributed by atoms with E-state index in [2.05, 4.69) is 66.3 Å². The highest BCUT2D eigenvalue weighted by Crippen LogP contribution is 2.55. The lowest BCUT2D eigenvalue weighted by molar-refractivity contribution is 0.492. The zero-order chi connectivity index (χ0) is 12.5. The number of benzene rings is 1. The Labute approximate surface area is 113 Å². The Hall–Kier alpha value is -0.340. The summed E-state index contributed by atoms with van der Waals surface area (Å²) in [5, 5.41) is 3.62. The van der Waals surface area contributed by atoms with Crippen LogP contribution in [-0.4, -0.2) is 13.1 Å². The van der Waals surface area contributed by atoms with Gasteiger partial charge < -0.3 is 5.32 Å². The first kappa shape index (κ1) is 13.1. The Morgan fingerprint density at radius 2 is 2.06 bits per heavy atom. The lowest BCUT2D eigenvalue weighted by Gasteiger charge is -2.20. The standard InChI is InChI=1S/C15H22BrN/c1-11(2)9-17-10-15(8-12(15)3)13-6-4-5-7-14(13)16/h4-7,11-12,17H,8-10H2,1-3H3. The molecule has 1 aromatic rings. The van der Waals surface area contributed by atoms with Gasteiger partial charge in [-0.3, -0.25) is 0 Å². The van der Waals surface area contributed by atoms with Crippen LogP contribution in [0, 0.1) is 11.8 Å². The van der Waals surface area contributed by atoms with E-state index in [1.807, 2.05) is 0 Å². The van der Waals surface area contributed by atoms with Gasteiger partial charge in [-0.2, -0.15) is 0 Å². The molecule has 17 heavy (non-hydrogen) atoms. The lowest BCUT2D eigenvalue weighted by Crippen LogP contribution is -2.31. The molecule has 0 aromatic heterocycles. The van der Waals surface area contributed by atoms with Crippen LogP contribution in [0.3, 0.4) is 0 Å². The van der Waals surface area contributed by atoms with Crippen LogP contribution in [-0.2, 0) is 5.41 Å². The van der Waals surface area contributed by atoms with Crippen LogP contribution in [0.2, 0.25) is 0 Å². The molecule has 0 radical (unpaired) electrons. The summed E-state index contributed by atoms with van der Waals surface area (Å²) in [6.07, 6.45) is 1.31. The SMILES string of the molecule is CC(C)CNCC1(c2ccccc2Br)CC1C. The van der Waals surface area contributed by atoms with Gasteiger partial charge in [-0.1, -0.05) is 54.9 Å². The van der Waals surface area contributed by atoms with E-state index in [4.69, 9.17) is 0 Å². The first-order chi connectivity index (χ1) is 8.06. The van der Waals surface area contributed by atoms with Gasteiger partial charge in [0, 0.05) is 16.4 Å². The Kier molecular flexibility index (Phi) is 3.94. The summed E-state index contributed by atoms with van der Waals surface area (Å²) in [7, 11) is 0. The van der Waals surface area contributed by atoms with E-state index in [0.717, 1.165) is 24.9 Å². The predicted molar refractivity (Wildman–Crippen MR) is 77.3 cm³/mol. The average Bonchev–Trinajstić information content (AvgIpc) is 2.90. The molecule has 1 nitrogen and oxygen atoms in total. The van der Waals surface area contributed by atoms with Crippen molar-refractivity contribution >= 4 is 15.9 Å². The van der Waals surface area contributed by atoms with Crippen LogP contribution < -0.4 is 5.32 Å². The summed E-state index contributed by atoms with van der Waals surface area (Å²) >= 11 is 3.69. The van der Waals surface area contributed by atoms with Crippen LogP contribution in [0.5, 0.6) is 0 Å². The molecule has 0 heterocycles. The number of halogens is 1. The summed E-state index contributed by atoms with van der Waals surface area (Å²) in [6.45, 7) is 9.09. The molecule has 0 bridgehead atoms. The second-order valence-corrected chi connectivity index (χ2v) is 6.62. The third-order valence-corrected chi connectivity index (χ3v) is 4.55. The van der Waals surface area contributed by atoms with Crippen LogP contribution >= 0.6 is 15.9 Å². The molecule has 1 aliphatic rings. The van der Waals surface area contributed by atoms with Gasteiger partial charge in [0.05, 0.1) is 0 Å². The highest BCUT2D eigenvalue weighted by Gasteiger charge is 2.52. The first-order valence-electron chi connectivity index (χ1n) is 6.52. The van der Waals surface area contributed by atoms with Crippen molar-refractivity contribution in [3.8, 4) is 0 Å². The molecule has 1 N–H and O–H groups in total. The van der Waals surface area contributed by atoms with E-state index in [-0.39, 0.29) is 0 Å². The van der Waals surface area contributed by atoms with E-state index in [9.17, 15) is 0 Å². The molecule has 2 unspecified atom stereocenters. The molecular weight excluding hydrogens is 274 g/mol. The van der Waals surface area contributed by atoms with Crippen molar-refractivity contribution in [2.45, 2.75) is 32.6 Å². The monoisotopic (exact) mass is 295 g/mol. The van der Waals surface area contributed by atoms with Crippen molar-refractivity contribution in [3.05, 3.63) is 34.3 Å². The Balaban J connectivity index is 2.08. The quantitative estimate of drug-likeness (QED) is 0.867. The number of nitrogens with one attached hydrogen (secondary N) is 1. The minimum absolute atomic E-state index is 0.370. The van der Waals surface area contributed by atoms with Crippen molar-refractivity contribution in [2.75, 3.05) is 13.1 Å². The summed E-state index contributed by atoms with van der Waals surface area (Å²) in [5.74, 6) is 1.51. The first-order valence-corrected chi connectivity index (χ1v) is 7.31. The molecule has 1 saturated carbocycles. The lowest BCUT2D eigenvalue weighted by atomic mass is 9.93. The van der Waals surface area contributed by atoms with Crippen LogP contribution in [0.15, 0.2) is 28.7 Å². The van der Waals surface area contributed by atoms with Gasteiger partial charge in [0.1, 0.15) is 0 Å². The van der Waals surface area contributed by atoms with Crippen molar-refractivity contribution in [2.24, 2.45) is 11.8 Å². The molecule has 1 fully saturated rings. The smallest absolute Gasteiger partial charge is 0.0213 e. The molecule has 1 aliphatic carbocycles. The normalized spacial score (nSPS) is 27.5. The summed E-state index contributed by atoms with van der Waals surface area (Å²) in [5.41, 5.74) is 1.85. The minimum Gasteiger partial charge on any atom is -0.316 e. The second kappa shape index (κ2) is 5.11. The second-order valence-electron chi connectivity index (χ2n) is 5.77. The number of hydrogen-bond acceptors (Lipinski definition) is 1. The van der Waals surface area contributed by atoms with Gasteiger partial charge >= 0.3 is 0 Å². The van der Waals surface area contributed by atoms with E-state index < -0.39 is 0 Å². The predicted octanol–water partition coefficient (Wildman–Crippen LogP) is 3.97. The van der Waals surface area contributed by atoms with Crippen molar-refractivity contribution in [1.82, 2.24) is 5.32 Å². The Morgan fingerprint density at radius 3 is 2.59 bits per heavy atom. The fourth-order valence-electron chi connectivity index (χ4n) is 2.65. The third-order valence-electron chi connectivity index (χ3n) is 3.86. The van der Waals surface area contributed by atoms with Crippen molar-refractivity contribution in [1.29, 1.82) is 0 Å². The summed E-state index contributed by atoms with van der Waals surface area (Å²) in [6, 6.07) is 8.67. The third kappa shape index (κ3) is 2.74. The number of hydrogen-bond donors (Lipinski definition) is 1. The molecule has 2 atom stereocenters. The topological polar surface area (TPSA) is 12.0 Å². The van der Waals surface area contributed by atoms with Gasteiger partial charge in [-0.05, 0) is 36.4 Å². The average molecular weight is 296 g/mol. The largest absolute Gasteiger partial charge is 0.316 e. The summed E-state index contributed by atoms with van der Waals surface area (Å²) in [4.78, 5) is 0.